The van der Waals surface area contributed by atoms with Gasteiger partial charge in [-0.05, 0) is 19.8 Å². The molecule has 0 aromatic heterocycles. The number of hydrogen-bond donors (Lipinski definition) is 0. The zero-order valence-corrected chi connectivity index (χ0v) is 6.55. The van der Waals surface area contributed by atoms with E-state index in [1.807, 2.05) is 0 Å². The molecule has 10 heavy (non-hydrogen) atoms. The van der Waals surface area contributed by atoms with E-state index in [0.29, 0.717) is 13.0 Å². The molecule has 0 aliphatic rings. The first kappa shape index (κ1) is 9.59. The van der Waals surface area contributed by atoms with Gasteiger partial charge in [0.15, 0.2) is 0 Å². The van der Waals surface area contributed by atoms with Crippen molar-refractivity contribution in [3.8, 4) is 0 Å². The van der Waals surface area contributed by atoms with Crippen LogP contribution in [-0.2, 0) is 14.6 Å². The second-order valence-corrected chi connectivity index (χ2v) is 2.15. The largest absolute Gasteiger partial charge is 0.300 e. The lowest BCUT2D eigenvalue weighted by Crippen LogP contribution is -1.95. The van der Waals surface area contributed by atoms with Crippen molar-refractivity contribution >= 4 is 5.78 Å². The average Bonchev–Trinajstić information content (AvgIpc) is 1.87. The zero-order valence-electron chi connectivity index (χ0n) is 6.55. The van der Waals surface area contributed by atoms with Gasteiger partial charge in [0, 0.05) is 6.42 Å². The molecule has 0 rings (SSSR count). The Hall–Kier alpha value is -0.410. The predicted octanol–water partition coefficient (Wildman–Crippen LogP) is 1.32. The smallest absolute Gasteiger partial charge is 0.129 e. The molecule has 0 bridgehead atoms. The van der Waals surface area contributed by atoms with Crippen LogP contribution in [0, 0.1) is 0 Å². The van der Waals surface area contributed by atoms with Crippen LogP contribution < -0.4 is 0 Å². The van der Waals surface area contributed by atoms with Gasteiger partial charge in [-0.1, -0.05) is 0 Å². The van der Waals surface area contributed by atoms with Crippen LogP contribution in [0.25, 0.3) is 0 Å². The topological polar surface area (TPSA) is 35.5 Å². The molecule has 0 aliphatic carbocycles. The van der Waals surface area contributed by atoms with Crippen LogP contribution in [0.2, 0.25) is 0 Å². The summed E-state index contributed by atoms with van der Waals surface area (Å²) in [6.07, 6.45) is 2.42. The lowest BCUT2D eigenvalue weighted by Gasteiger charge is -1.97. The number of ketones is 1. The quantitative estimate of drug-likeness (QED) is 0.322. The Kier molecular flexibility index (Phi) is 6.43. The molecule has 0 saturated carbocycles. The van der Waals surface area contributed by atoms with Crippen LogP contribution in [0.3, 0.4) is 0 Å². The third-order valence-electron chi connectivity index (χ3n) is 1.12. The summed E-state index contributed by atoms with van der Waals surface area (Å²) >= 11 is 0. The molecular formula is C7H14O3. The Labute approximate surface area is 61.2 Å². The molecule has 0 saturated heterocycles. The lowest BCUT2D eigenvalue weighted by atomic mass is 10.2. The summed E-state index contributed by atoms with van der Waals surface area (Å²) in [5.74, 6) is 0.234. The van der Waals surface area contributed by atoms with E-state index in [2.05, 4.69) is 9.78 Å². The van der Waals surface area contributed by atoms with Crippen molar-refractivity contribution in [1.29, 1.82) is 0 Å². The summed E-state index contributed by atoms with van der Waals surface area (Å²) in [5, 5.41) is 0. The third kappa shape index (κ3) is 7.59. The van der Waals surface area contributed by atoms with Gasteiger partial charge >= 0.3 is 0 Å². The van der Waals surface area contributed by atoms with E-state index >= 15 is 0 Å². The molecule has 0 atom stereocenters. The van der Waals surface area contributed by atoms with Crippen LogP contribution in [0.15, 0.2) is 0 Å². The zero-order chi connectivity index (χ0) is 7.82. The monoisotopic (exact) mass is 146 g/mol. The number of carbonyl (C=O) groups is 1. The predicted molar refractivity (Wildman–Crippen MR) is 37.5 cm³/mol. The fraction of sp³-hybridized carbons (Fsp3) is 0.857. The van der Waals surface area contributed by atoms with E-state index in [0.717, 1.165) is 12.8 Å². The number of carbonyl (C=O) groups excluding carboxylic acids is 1. The molecule has 0 amide bonds. The lowest BCUT2D eigenvalue weighted by molar-refractivity contribution is -0.272. The minimum atomic E-state index is 0.234. The number of Topliss-reactive ketones (excluding diaryl/α,β-unsaturated/α-hetero) is 1. The maximum Gasteiger partial charge on any atom is 0.129 e. The van der Waals surface area contributed by atoms with Crippen LogP contribution in [-0.4, -0.2) is 19.5 Å². The third-order valence-corrected chi connectivity index (χ3v) is 1.12. The molecule has 0 aliphatic heterocycles. The van der Waals surface area contributed by atoms with E-state index in [1.165, 1.54) is 7.11 Å². The molecule has 60 valence electrons. The maximum absolute atomic E-state index is 10.4. The highest BCUT2D eigenvalue weighted by Gasteiger charge is 1.92. The van der Waals surface area contributed by atoms with Gasteiger partial charge in [0.1, 0.15) is 5.78 Å². The van der Waals surface area contributed by atoms with E-state index in [4.69, 9.17) is 0 Å². The fourth-order valence-corrected chi connectivity index (χ4v) is 0.618. The maximum atomic E-state index is 10.4. The van der Waals surface area contributed by atoms with Gasteiger partial charge in [0.2, 0.25) is 0 Å². The van der Waals surface area contributed by atoms with Crippen LogP contribution in [0.1, 0.15) is 26.2 Å². The van der Waals surface area contributed by atoms with Crippen molar-refractivity contribution in [3.05, 3.63) is 0 Å². The highest BCUT2D eigenvalue weighted by Crippen LogP contribution is 1.95. The minimum absolute atomic E-state index is 0.234. The normalized spacial score (nSPS) is 9.80. The Morgan fingerprint density at radius 2 is 2.10 bits per heavy atom. The molecule has 0 spiro atoms. The van der Waals surface area contributed by atoms with Crippen molar-refractivity contribution in [3.63, 3.8) is 0 Å². The molecule has 0 heterocycles. The highest BCUT2D eigenvalue weighted by molar-refractivity contribution is 5.75. The first-order valence-corrected chi connectivity index (χ1v) is 3.42. The molecule has 3 nitrogen and oxygen atoms in total. The van der Waals surface area contributed by atoms with Gasteiger partial charge in [0.25, 0.3) is 0 Å². The van der Waals surface area contributed by atoms with Gasteiger partial charge < -0.3 is 4.79 Å². The van der Waals surface area contributed by atoms with Crippen LogP contribution >= 0.6 is 0 Å². The summed E-state index contributed by atoms with van der Waals surface area (Å²) in [6.45, 7) is 2.17. The van der Waals surface area contributed by atoms with Crippen molar-refractivity contribution in [1.82, 2.24) is 0 Å². The van der Waals surface area contributed by atoms with Gasteiger partial charge in [0.05, 0.1) is 13.7 Å². The summed E-state index contributed by atoms with van der Waals surface area (Å²) < 4.78 is 0. The molecule has 0 radical (unpaired) electrons. The SMILES string of the molecule is COOCCCCC(C)=O. The molecule has 0 unspecified atom stereocenters. The fourth-order valence-electron chi connectivity index (χ4n) is 0.618. The van der Waals surface area contributed by atoms with Crippen molar-refractivity contribution < 1.29 is 14.6 Å². The van der Waals surface area contributed by atoms with Crippen LogP contribution in [0.4, 0.5) is 0 Å². The Balaban J connectivity index is 2.84. The minimum Gasteiger partial charge on any atom is -0.300 e. The van der Waals surface area contributed by atoms with E-state index < -0.39 is 0 Å². The van der Waals surface area contributed by atoms with Gasteiger partial charge in [-0.25, -0.2) is 9.78 Å². The molecule has 0 N–H and O–H groups in total. The first-order valence-electron chi connectivity index (χ1n) is 3.42. The first-order chi connectivity index (χ1) is 4.77. The molecule has 0 fully saturated rings. The second-order valence-electron chi connectivity index (χ2n) is 2.15. The van der Waals surface area contributed by atoms with Gasteiger partial charge in [-0.15, -0.1) is 0 Å². The summed E-state index contributed by atoms with van der Waals surface area (Å²) in [4.78, 5) is 19.4. The van der Waals surface area contributed by atoms with Crippen molar-refractivity contribution in [2.45, 2.75) is 26.2 Å². The van der Waals surface area contributed by atoms with Crippen LogP contribution in [0.5, 0.6) is 0 Å². The number of hydrogen-bond acceptors (Lipinski definition) is 3. The molecule has 0 aromatic carbocycles. The van der Waals surface area contributed by atoms with Gasteiger partial charge in [-0.3, -0.25) is 0 Å². The van der Waals surface area contributed by atoms with Gasteiger partial charge in [-0.2, -0.15) is 0 Å². The highest BCUT2D eigenvalue weighted by atomic mass is 17.2. The second kappa shape index (κ2) is 6.71. The van der Waals surface area contributed by atoms with E-state index in [-0.39, 0.29) is 5.78 Å². The summed E-state index contributed by atoms with van der Waals surface area (Å²) in [7, 11) is 1.48. The molecule has 3 heteroatoms. The average molecular weight is 146 g/mol. The van der Waals surface area contributed by atoms with E-state index in [9.17, 15) is 4.79 Å². The van der Waals surface area contributed by atoms with E-state index in [1.54, 1.807) is 6.92 Å². The summed E-state index contributed by atoms with van der Waals surface area (Å²) in [5.41, 5.74) is 0. The Morgan fingerprint density at radius 3 is 2.60 bits per heavy atom. The van der Waals surface area contributed by atoms with Crippen molar-refractivity contribution in [2.24, 2.45) is 0 Å². The Bertz CT molecular complexity index is 90.9. The summed E-state index contributed by atoms with van der Waals surface area (Å²) in [6, 6.07) is 0. The number of rotatable bonds is 6. The Morgan fingerprint density at radius 1 is 1.40 bits per heavy atom. The molecular weight excluding hydrogens is 132 g/mol. The van der Waals surface area contributed by atoms with Crippen molar-refractivity contribution in [2.75, 3.05) is 13.7 Å². The standard InChI is InChI=1S/C7H14O3/c1-7(8)5-3-4-6-10-9-2/h3-6H2,1-2H3. The number of unbranched alkanes of at least 4 members (excludes halogenated alkanes) is 1. The molecule has 0 aromatic rings.